The standard InChI is InChI=1S/C19H13ClN4O3S/c1-11-10-28-19-22-17(9-23(11)19)12-3-2-4-13(7-12)21-18(25)15-8-14(24(26)27)5-6-16(15)20/h2-10H,1H3,(H,21,25). The molecule has 140 valence electrons. The molecule has 2 aromatic heterocycles. The van der Waals surface area contributed by atoms with Crippen LogP contribution in [0.2, 0.25) is 5.02 Å². The number of fused-ring (bicyclic) bond motifs is 1. The highest BCUT2D eigenvalue weighted by atomic mass is 35.5. The van der Waals surface area contributed by atoms with Gasteiger partial charge in [-0.2, -0.15) is 0 Å². The number of anilines is 1. The number of thiazole rings is 1. The average Bonchev–Trinajstić information content (AvgIpc) is 3.24. The van der Waals surface area contributed by atoms with E-state index in [1.54, 1.807) is 29.5 Å². The summed E-state index contributed by atoms with van der Waals surface area (Å²) in [5.41, 5.74) is 3.12. The second-order valence-electron chi connectivity index (χ2n) is 6.11. The Morgan fingerprint density at radius 3 is 2.86 bits per heavy atom. The van der Waals surface area contributed by atoms with Gasteiger partial charge in [-0.15, -0.1) is 11.3 Å². The molecule has 1 amide bonds. The lowest BCUT2D eigenvalue weighted by atomic mass is 10.1. The van der Waals surface area contributed by atoms with Crippen molar-refractivity contribution in [3.8, 4) is 11.3 Å². The molecule has 2 aromatic carbocycles. The summed E-state index contributed by atoms with van der Waals surface area (Å²) in [7, 11) is 0. The molecule has 0 radical (unpaired) electrons. The molecule has 0 saturated carbocycles. The highest BCUT2D eigenvalue weighted by Gasteiger charge is 2.16. The van der Waals surface area contributed by atoms with Crippen molar-refractivity contribution in [2.75, 3.05) is 5.32 Å². The molecule has 0 bridgehead atoms. The summed E-state index contributed by atoms with van der Waals surface area (Å²) in [4.78, 5) is 28.4. The molecular weight excluding hydrogens is 400 g/mol. The van der Waals surface area contributed by atoms with Gasteiger partial charge in [0.1, 0.15) is 0 Å². The van der Waals surface area contributed by atoms with Gasteiger partial charge in [-0.05, 0) is 25.1 Å². The van der Waals surface area contributed by atoms with E-state index in [-0.39, 0.29) is 16.3 Å². The fraction of sp³-hybridized carbons (Fsp3) is 0.0526. The smallest absolute Gasteiger partial charge is 0.270 e. The highest BCUT2D eigenvalue weighted by molar-refractivity contribution is 7.15. The molecular formula is C19H13ClN4O3S. The number of non-ortho nitro benzene ring substituents is 1. The normalized spacial score (nSPS) is 10.9. The number of amides is 1. The quantitative estimate of drug-likeness (QED) is 0.369. The van der Waals surface area contributed by atoms with E-state index in [0.29, 0.717) is 5.69 Å². The van der Waals surface area contributed by atoms with E-state index >= 15 is 0 Å². The molecule has 4 aromatic rings. The molecule has 0 fully saturated rings. The average molecular weight is 413 g/mol. The minimum Gasteiger partial charge on any atom is -0.322 e. The number of nitro benzene ring substituents is 1. The van der Waals surface area contributed by atoms with Crippen molar-refractivity contribution in [1.29, 1.82) is 0 Å². The fourth-order valence-electron chi connectivity index (χ4n) is 2.79. The molecule has 9 heteroatoms. The maximum atomic E-state index is 12.6. The number of hydrogen-bond acceptors (Lipinski definition) is 5. The molecule has 28 heavy (non-hydrogen) atoms. The molecule has 7 nitrogen and oxygen atoms in total. The van der Waals surface area contributed by atoms with Gasteiger partial charge in [-0.3, -0.25) is 19.3 Å². The number of nitro groups is 1. The lowest BCUT2D eigenvalue weighted by Crippen LogP contribution is -2.12. The zero-order valence-corrected chi connectivity index (χ0v) is 16.1. The van der Waals surface area contributed by atoms with Crippen molar-refractivity contribution in [3.63, 3.8) is 0 Å². The number of nitrogens with zero attached hydrogens (tertiary/aromatic N) is 3. The summed E-state index contributed by atoms with van der Waals surface area (Å²) < 4.78 is 2.01. The number of rotatable bonds is 4. The number of carbonyl (C=O) groups excluding carboxylic acids is 1. The van der Waals surface area contributed by atoms with Crippen LogP contribution < -0.4 is 5.32 Å². The second-order valence-corrected chi connectivity index (χ2v) is 7.36. The predicted molar refractivity (Wildman–Crippen MR) is 109 cm³/mol. The highest BCUT2D eigenvalue weighted by Crippen LogP contribution is 2.27. The van der Waals surface area contributed by atoms with Crippen LogP contribution in [0.4, 0.5) is 11.4 Å². The summed E-state index contributed by atoms with van der Waals surface area (Å²) in [6.07, 6.45) is 1.94. The molecule has 0 aliphatic rings. The summed E-state index contributed by atoms with van der Waals surface area (Å²) in [6.45, 7) is 2.01. The molecule has 1 N–H and O–H groups in total. The first-order chi connectivity index (χ1) is 13.4. The predicted octanol–water partition coefficient (Wildman–Crippen LogP) is 5.19. The van der Waals surface area contributed by atoms with Crippen LogP contribution in [0.15, 0.2) is 54.0 Å². The molecule has 0 aliphatic heterocycles. The molecule has 0 unspecified atom stereocenters. The van der Waals surface area contributed by atoms with Crippen molar-refractivity contribution in [2.45, 2.75) is 6.92 Å². The van der Waals surface area contributed by atoms with Gasteiger partial charge in [0, 0.05) is 40.7 Å². The van der Waals surface area contributed by atoms with Crippen LogP contribution >= 0.6 is 22.9 Å². The first-order valence-electron chi connectivity index (χ1n) is 8.21. The number of halogens is 1. The van der Waals surface area contributed by atoms with Gasteiger partial charge < -0.3 is 5.32 Å². The van der Waals surface area contributed by atoms with E-state index < -0.39 is 10.8 Å². The summed E-state index contributed by atoms with van der Waals surface area (Å²) in [6, 6.07) is 11.0. The number of nitrogens with one attached hydrogen (secondary N) is 1. The Bertz CT molecular complexity index is 1230. The third-order valence-corrected chi connectivity index (χ3v) is 5.50. The Labute approximate surface area is 168 Å². The van der Waals surface area contributed by atoms with Crippen LogP contribution in [-0.4, -0.2) is 20.2 Å². The van der Waals surface area contributed by atoms with Crippen molar-refractivity contribution >= 4 is 45.2 Å². The third kappa shape index (κ3) is 3.35. The van der Waals surface area contributed by atoms with Crippen LogP contribution in [0.25, 0.3) is 16.2 Å². The van der Waals surface area contributed by atoms with E-state index in [4.69, 9.17) is 11.6 Å². The lowest BCUT2D eigenvalue weighted by molar-refractivity contribution is -0.384. The van der Waals surface area contributed by atoms with Gasteiger partial charge in [0.25, 0.3) is 11.6 Å². The Morgan fingerprint density at radius 1 is 1.29 bits per heavy atom. The first kappa shape index (κ1) is 18.1. The van der Waals surface area contributed by atoms with Crippen LogP contribution in [0, 0.1) is 17.0 Å². The summed E-state index contributed by atoms with van der Waals surface area (Å²) in [5.74, 6) is -0.521. The molecule has 4 rings (SSSR count). The zero-order valence-electron chi connectivity index (χ0n) is 14.5. The number of benzene rings is 2. The largest absolute Gasteiger partial charge is 0.322 e. The molecule has 2 heterocycles. The van der Waals surface area contributed by atoms with E-state index in [2.05, 4.69) is 10.3 Å². The Kier molecular flexibility index (Phi) is 4.58. The fourth-order valence-corrected chi connectivity index (χ4v) is 3.84. The van der Waals surface area contributed by atoms with Gasteiger partial charge >= 0.3 is 0 Å². The number of aryl methyl sites for hydroxylation is 1. The Morgan fingerprint density at radius 2 is 2.11 bits per heavy atom. The van der Waals surface area contributed by atoms with Crippen molar-refractivity contribution in [3.05, 3.63) is 80.4 Å². The number of carbonyl (C=O) groups is 1. The summed E-state index contributed by atoms with van der Waals surface area (Å²) >= 11 is 7.60. The van der Waals surface area contributed by atoms with Gasteiger partial charge in [0.2, 0.25) is 0 Å². The topological polar surface area (TPSA) is 89.5 Å². The van der Waals surface area contributed by atoms with E-state index in [0.717, 1.165) is 28.0 Å². The van der Waals surface area contributed by atoms with Crippen molar-refractivity contribution in [2.24, 2.45) is 0 Å². The van der Waals surface area contributed by atoms with Gasteiger partial charge in [0.15, 0.2) is 4.96 Å². The molecule has 0 spiro atoms. The van der Waals surface area contributed by atoms with Crippen LogP contribution in [0.3, 0.4) is 0 Å². The van der Waals surface area contributed by atoms with E-state index in [1.807, 2.05) is 29.0 Å². The maximum absolute atomic E-state index is 12.6. The van der Waals surface area contributed by atoms with E-state index in [1.165, 1.54) is 12.1 Å². The zero-order chi connectivity index (χ0) is 19.8. The first-order valence-corrected chi connectivity index (χ1v) is 9.47. The third-order valence-electron chi connectivity index (χ3n) is 4.21. The van der Waals surface area contributed by atoms with Crippen LogP contribution in [-0.2, 0) is 0 Å². The van der Waals surface area contributed by atoms with Crippen LogP contribution in [0.1, 0.15) is 16.1 Å². The summed E-state index contributed by atoms with van der Waals surface area (Å²) in [5, 5.41) is 15.9. The number of hydrogen-bond donors (Lipinski definition) is 1. The number of aromatic nitrogens is 2. The number of imidazole rings is 1. The lowest BCUT2D eigenvalue weighted by Gasteiger charge is -2.08. The van der Waals surface area contributed by atoms with Gasteiger partial charge in [0.05, 0.1) is 21.2 Å². The minimum absolute atomic E-state index is 0.0411. The maximum Gasteiger partial charge on any atom is 0.270 e. The molecule has 0 saturated heterocycles. The monoisotopic (exact) mass is 412 g/mol. The SMILES string of the molecule is Cc1csc2nc(-c3cccc(NC(=O)c4cc([N+](=O)[O-])ccc4Cl)c3)cn12. The Hall–Kier alpha value is -3.23. The van der Waals surface area contributed by atoms with Crippen molar-refractivity contribution < 1.29 is 9.72 Å². The van der Waals surface area contributed by atoms with Crippen LogP contribution in [0.5, 0.6) is 0 Å². The molecule has 0 atom stereocenters. The minimum atomic E-state index is -0.569. The second kappa shape index (κ2) is 7.06. The van der Waals surface area contributed by atoms with E-state index in [9.17, 15) is 14.9 Å². The van der Waals surface area contributed by atoms with Gasteiger partial charge in [-0.1, -0.05) is 23.7 Å². The van der Waals surface area contributed by atoms with Crippen molar-refractivity contribution in [1.82, 2.24) is 9.38 Å². The molecule has 0 aliphatic carbocycles. The van der Waals surface area contributed by atoms with Gasteiger partial charge in [-0.25, -0.2) is 4.98 Å². The Balaban J connectivity index is 1.62.